The second kappa shape index (κ2) is 5.58. The fraction of sp³-hybridized carbons (Fsp3) is 0.500. The van der Waals surface area contributed by atoms with E-state index in [0.717, 1.165) is 12.5 Å². The van der Waals surface area contributed by atoms with Gasteiger partial charge in [0.2, 0.25) is 10.0 Å². The summed E-state index contributed by atoms with van der Waals surface area (Å²) in [7, 11) is -3.93. The number of nitro groups is 1. The van der Waals surface area contributed by atoms with Crippen LogP contribution in [0.4, 0.5) is 11.4 Å². The van der Waals surface area contributed by atoms with Crippen LogP contribution in [0.1, 0.15) is 20.3 Å². The zero-order valence-corrected chi connectivity index (χ0v) is 12.6. The van der Waals surface area contributed by atoms with E-state index < -0.39 is 20.6 Å². The lowest BCUT2D eigenvalue weighted by Gasteiger charge is -2.21. The van der Waals surface area contributed by atoms with E-state index in [0.29, 0.717) is 12.2 Å². The summed E-state index contributed by atoms with van der Waals surface area (Å²) in [5.41, 5.74) is 2.17. The highest BCUT2D eigenvalue weighted by atomic mass is 32.2. The molecule has 1 aromatic rings. The number of sulfonamides is 1. The molecule has 1 aliphatic heterocycles. The van der Waals surface area contributed by atoms with Crippen LogP contribution < -0.4 is 11.3 Å². The lowest BCUT2D eigenvalue weighted by molar-refractivity contribution is -0.387. The zero-order valence-electron chi connectivity index (χ0n) is 11.8. The fourth-order valence-corrected chi connectivity index (χ4v) is 4.63. The molecule has 116 valence electrons. The number of nitrogens with two attached hydrogens (primary N) is 1. The number of nitrogens with zero attached hydrogens (tertiary/aromatic N) is 2. The van der Waals surface area contributed by atoms with Crippen molar-refractivity contribution in [2.24, 2.45) is 11.8 Å². The molecule has 0 spiro atoms. The molecule has 1 heterocycles. The molecule has 0 aliphatic carbocycles. The number of nitrogen functional groups attached to an aromatic ring is 1. The van der Waals surface area contributed by atoms with E-state index in [2.05, 4.69) is 5.43 Å². The van der Waals surface area contributed by atoms with E-state index in [1.165, 1.54) is 16.4 Å². The van der Waals surface area contributed by atoms with Crippen molar-refractivity contribution in [3.63, 3.8) is 0 Å². The molecule has 1 fully saturated rings. The Hall–Kier alpha value is -1.71. The zero-order chi connectivity index (χ0) is 15.8. The molecule has 21 heavy (non-hydrogen) atoms. The second-order valence-electron chi connectivity index (χ2n) is 5.35. The van der Waals surface area contributed by atoms with Gasteiger partial charge in [-0.3, -0.25) is 16.0 Å². The Bertz CT molecular complexity index is 661. The van der Waals surface area contributed by atoms with Gasteiger partial charge in [-0.05, 0) is 31.4 Å². The molecular formula is C12H18N4O4S. The summed E-state index contributed by atoms with van der Waals surface area (Å²) in [6.45, 7) is 4.12. The van der Waals surface area contributed by atoms with Gasteiger partial charge in [-0.25, -0.2) is 8.42 Å². The highest BCUT2D eigenvalue weighted by Gasteiger charge is 2.39. The molecule has 2 unspecified atom stereocenters. The third-order valence-electron chi connectivity index (χ3n) is 3.64. The molecular weight excluding hydrogens is 296 g/mol. The Labute approximate surface area is 123 Å². The lowest BCUT2D eigenvalue weighted by atomic mass is 10.1. The van der Waals surface area contributed by atoms with Gasteiger partial charge in [0.25, 0.3) is 5.69 Å². The van der Waals surface area contributed by atoms with Crippen molar-refractivity contribution in [2.45, 2.75) is 31.2 Å². The van der Waals surface area contributed by atoms with E-state index in [1.54, 1.807) is 6.92 Å². The van der Waals surface area contributed by atoms with Crippen molar-refractivity contribution < 1.29 is 13.3 Å². The van der Waals surface area contributed by atoms with Gasteiger partial charge in [-0.1, -0.05) is 6.92 Å². The molecule has 0 amide bonds. The molecule has 0 saturated carbocycles. The van der Waals surface area contributed by atoms with E-state index in [1.807, 2.05) is 6.92 Å². The van der Waals surface area contributed by atoms with Crippen molar-refractivity contribution in [1.29, 1.82) is 0 Å². The molecule has 0 bridgehead atoms. The summed E-state index contributed by atoms with van der Waals surface area (Å²) in [5, 5.41) is 11.1. The van der Waals surface area contributed by atoms with E-state index in [-0.39, 0.29) is 16.9 Å². The van der Waals surface area contributed by atoms with Gasteiger partial charge in [0.05, 0.1) is 10.6 Å². The van der Waals surface area contributed by atoms with Crippen LogP contribution in [0.5, 0.6) is 0 Å². The Morgan fingerprint density at radius 2 is 2.10 bits per heavy atom. The van der Waals surface area contributed by atoms with Crippen LogP contribution in [0, 0.1) is 16.0 Å². The highest BCUT2D eigenvalue weighted by Crippen LogP contribution is 2.34. The van der Waals surface area contributed by atoms with Crippen molar-refractivity contribution in [3.05, 3.63) is 28.3 Å². The first-order valence-electron chi connectivity index (χ1n) is 6.54. The smallest absolute Gasteiger partial charge is 0.289 e. The first-order valence-corrected chi connectivity index (χ1v) is 7.98. The molecule has 0 radical (unpaired) electrons. The van der Waals surface area contributed by atoms with Crippen molar-refractivity contribution in [2.75, 3.05) is 12.0 Å². The van der Waals surface area contributed by atoms with Gasteiger partial charge in [-0.15, -0.1) is 0 Å². The minimum absolute atomic E-state index is 0.181. The number of anilines is 1. The predicted molar refractivity (Wildman–Crippen MR) is 78.0 cm³/mol. The van der Waals surface area contributed by atoms with Crippen LogP contribution in [-0.4, -0.2) is 30.2 Å². The van der Waals surface area contributed by atoms with Crippen LogP contribution in [0.25, 0.3) is 0 Å². The lowest BCUT2D eigenvalue weighted by Crippen LogP contribution is -2.34. The third-order valence-corrected chi connectivity index (χ3v) is 5.65. The van der Waals surface area contributed by atoms with Gasteiger partial charge in [0, 0.05) is 18.7 Å². The SMILES string of the molecule is CC1CC(C)N(S(=O)(=O)c2cc(NN)ccc2[N+](=O)[O-])C1. The summed E-state index contributed by atoms with van der Waals surface area (Å²) in [6.07, 6.45) is 0.738. The normalized spacial score (nSPS) is 23.2. The summed E-state index contributed by atoms with van der Waals surface area (Å²) < 4.78 is 26.8. The average molecular weight is 314 g/mol. The van der Waals surface area contributed by atoms with Gasteiger partial charge in [-0.2, -0.15) is 4.31 Å². The molecule has 2 atom stereocenters. The van der Waals surface area contributed by atoms with E-state index in [9.17, 15) is 18.5 Å². The molecule has 0 aromatic heterocycles. The summed E-state index contributed by atoms with van der Waals surface area (Å²) in [5.74, 6) is 5.49. The van der Waals surface area contributed by atoms with Gasteiger partial charge in [0.15, 0.2) is 4.90 Å². The Kier molecular flexibility index (Phi) is 4.17. The third kappa shape index (κ3) is 2.85. The fourth-order valence-electron chi connectivity index (χ4n) is 2.68. The number of hydrogen-bond acceptors (Lipinski definition) is 6. The van der Waals surface area contributed by atoms with Crippen LogP contribution in [0.2, 0.25) is 0 Å². The minimum atomic E-state index is -3.93. The monoisotopic (exact) mass is 314 g/mol. The number of nitro benzene ring substituents is 1. The molecule has 9 heteroatoms. The second-order valence-corrected chi connectivity index (χ2v) is 7.21. The van der Waals surface area contributed by atoms with E-state index >= 15 is 0 Å². The summed E-state index contributed by atoms with van der Waals surface area (Å²) in [6, 6.07) is 3.53. The Morgan fingerprint density at radius 3 is 2.57 bits per heavy atom. The standard InChI is InChI=1S/C12H18N4O4S/c1-8-5-9(2)15(7-8)21(19,20)12-6-10(14-13)3-4-11(12)16(17)18/h3-4,6,8-9,14H,5,7,13H2,1-2H3. The maximum atomic E-state index is 12.7. The van der Waals surface area contributed by atoms with Crippen LogP contribution in [0.15, 0.2) is 23.1 Å². The van der Waals surface area contributed by atoms with Crippen molar-refractivity contribution in [3.8, 4) is 0 Å². The first kappa shape index (κ1) is 15.7. The first-order chi connectivity index (χ1) is 9.77. The highest BCUT2D eigenvalue weighted by molar-refractivity contribution is 7.89. The Morgan fingerprint density at radius 1 is 1.43 bits per heavy atom. The van der Waals surface area contributed by atoms with E-state index in [4.69, 9.17) is 5.84 Å². The van der Waals surface area contributed by atoms with Gasteiger partial charge < -0.3 is 5.43 Å². The minimum Gasteiger partial charge on any atom is -0.324 e. The number of nitrogens with one attached hydrogen (secondary N) is 1. The maximum Gasteiger partial charge on any atom is 0.289 e. The Balaban J connectivity index is 2.55. The average Bonchev–Trinajstić information content (AvgIpc) is 2.77. The maximum absolute atomic E-state index is 12.7. The number of benzene rings is 1. The molecule has 1 aromatic carbocycles. The molecule has 1 aliphatic rings. The number of rotatable bonds is 4. The largest absolute Gasteiger partial charge is 0.324 e. The van der Waals surface area contributed by atoms with Crippen molar-refractivity contribution in [1.82, 2.24) is 4.31 Å². The molecule has 8 nitrogen and oxygen atoms in total. The summed E-state index contributed by atoms with van der Waals surface area (Å²) >= 11 is 0. The topological polar surface area (TPSA) is 119 Å². The van der Waals surface area contributed by atoms with Crippen molar-refractivity contribution >= 4 is 21.4 Å². The van der Waals surface area contributed by atoms with Crippen LogP contribution >= 0.6 is 0 Å². The molecule has 2 rings (SSSR count). The van der Waals surface area contributed by atoms with Crippen LogP contribution in [0.3, 0.4) is 0 Å². The number of hydrogen-bond donors (Lipinski definition) is 2. The predicted octanol–water partition coefficient (Wildman–Crippen LogP) is 1.30. The number of hydrazine groups is 1. The molecule has 3 N–H and O–H groups in total. The quantitative estimate of drug-likeness (QED) is 0.491. The summed E-state index contributed by atoms with van der Waals surface area (Å²) in [4.78, 5) is 10.1. The van der Waals surface area contributed by atoms with Crippen LogP contribution in [-0.2, 0) is 10.0 Å². The van der Waals surface area contributed by atoms with Gasteiger partial charge in [0.1, 0.15) is 0 Å². The molecule has 1 saturated heterocycles. The van der Waals surface area contributed by atoms with Gasteiger partial charge >= 0.3 is 0 Å².